The molecule has 4 heterocycles. The van der Waals surface area contributed by atoms with Crippen molar-refractivity contribution >= 4 is 54.5 Å². The Morgan fingerprint density at radius 1 is 1.22 bits per heavy atom. The molecule has 138 valence electrons. The minimum Gasteiger partial charge on any atom is -0.355 e. The van der Waals surface area contributed by atoms with Gasteiger partial charge in [-0.15, -0.1) is 22.7 Å². The van der Waals surface area contributed by atoms with Gasteiger partial charge in [-0.05, 0) is 56.1 Å². The molecule has 5 rings (SSSR count). The van der Waals surface area contributed by atoms with Crippen LogP contribution in [0.3, 0.4) is 0 Å². The smallest absolute Gasteiger partial charge is 0.125 e. The van der Waals surface area contributed by atoms with Crippen LogP contribution in [0.25, 0.3) is 20.4 Å². The summed E-state index contributed by atoms with van der Waals surface area (Å²) in [6, 6.07) is 11.4. The van der Waals surface area contributed by atoms with Crippen molar-refractivity contribution in [3.05, 3.63) is 46.9 Å². The lowest BCUT2D eigenvalue weighted by molar-refractivity contribution is 0.346. The van der Waals surface area contributed by atoms with Crippen LogP contribution in [0.1, 0.15) is 37.0 Å². The van der Waals surface area contributed by atoms with Crippen molar-refractivity contribution in [1.82, 2.24) is 15.3 Å². The predicted molar refractivity (Wildman–Crippen MR) is 117 cm³/mol. The second-order valence-corrected chi connectivity index (χ2v) is 9.05. The SMILES string of the molecule is CC[C@@H]1NCCC[C@@H]1c1cc2c(Nc3ccc4scnc4c3)ccnc2s1. The molecule has 0 saturated carbocycles. The van der Waals surface area contributed by atoms with Gasteiger partial charge in [0.2, 0.25) is 0 Å². The molecule has 2 N–H and O–H groups in total. The third-order valence-electron chi connectivity index (χ3n) is 5.45. The Labute approximate surface area is 166 Å². The molecule has 1 fully saturated rings. The highest BCUT2D eigenvalue weighted by Crippen LogP contribution is 2.39. The molecule has 0 unspecified atom stereocenters. The van der Waals surface area contributed by atoms with Crippen LogP contribution >= 0.6 is 22.7 Å². The Hall–Kier alpha value is -2.02. The van der Waals surface area contributed by atoms with Gasteiger partial charge in [-0.25, -0.2) is 9.97 Å². The Morgan fingerprint density at radius 3 is 3.11 bits per heavy atom. The van der Waals surface area contributed by atoms with Gasteiger partial charge in [0, 0.05) is 34.1 Å². The quantitative estimate of drug-likeness (QED) is 0.453. The molecule has 1 aromatic carbocycles. The highest BCUT2D eigenvalue weighted by Gasteiger charge is 2.26. The van der Waals surface area contributed by atoms with Crippen LogP contribution in [0.4, 0.5) is 11.4 Å². The molecule has 0 bridgehead atoms. The number of rotatable bonds is 4. The van der Waals surface area contributed by atoms with E-state index in [1.807, 2.05) is 23.0 Å². The van der Waals surface area contributed by atoms with E-state index in [1.54, 1.807) is 11.3 Å². The number of benzene rings is 1. The van der Waals surface area contributed by atoms with E-state index in [9.17, 15) is 0 Å². The maximum atomic E-state index is 4.64. The fourth-order valence-corrected chi connectivity index (χ4v) is 5.95. The van der Waals surface area contributed by atoms with Crippen LogP contribution in [-0.4, -0.2) is 22.6 Å². The summed E-state index contributed by atoms with van der Waals surface area (Å²) < 4.78 is 1.22. The summed E-state index contributed by atoms with van der Waals surface area (Å²) in [6.07, 6.45) is 5.59. The lowest BCUT2D eigenvalue weighted by atomic mass is 9.88. The van der Waals surface area contributed by atoms with E-state index in [-0.39, 0.29) is 0 Å². The number of anilines is 2. The average molecular weight is 395 g/mol. The van der Waals surface area contributed by atoms with Crippen LogP contribution in [0.15, 0.2) is 42.0 Å². The molecule has 4 nitrogen and oxygen atoms in total. The topological polar surface area (TPSA) is 49.8 Å². The van der Waals surface area contributed by atoms with E-state index < -0.39 is 0 Å². The third kappa shape index (κ3) is 3.22. The number of pyridine rings is 1. The lowest BCUT2D eigenvalue weighted by Crippen LogP contribution is -2.39. The predicted octanol–water partition coefficient (Wildman–Crippen LogP) is 5.90. The van der Waals surface area contributed by atoms with Crippen molar-refractivity contribution < 1.29 is 0 Å². The van der Waals surface area contributed by atoms with Crippen LogP contribution in [0.5, 0.6) is 0 Å². The van der Waals surface area contributed by atoms with Gasteiger partial charge in [0.05, 0.1) is 21.4 Å². The van der Waals surface area contributed by atoms with Crippen molar-refractivity contribution in [2.75, 3.05) is 11.9 Å². The Kier molecular flexibility index (Phi) is 4.55. The fourth-order valence-electron chi connectivity index (χ4n) is 4.06. The zero-order chi connectivity index (χ0) is 18.2. The summed E-state index contributed by atoms with van der Waals surface area (Å²) in [5, 5.41) is 8.50. The first-order valence-corrected chi connectivity index (χ1v) is 11.2. The molecule has 3 aromatic heterocycles. The molecule has 1 saturated heterocycles. The van der Waals surface area contributed by atoms with Crippen molar-refractivity contribution in [3.8, 4) is 0 Å². The molecule has 0 radical (unpaired) electrons. The molecule has 0 aliphatic carbocycles. The Balaban J connectivity index is 1.50. The summed E-state index contributed by atoms with van der Waals surface area (Å²) in [5.74, 6) is 0.599. The van der Waals surface area contributed by atoms with Gasteiger partial charge >= 0.3 is 0 Å². The molecule has 2 atom stereocenters. The number of fused-ring (bicyclic) bond motifs is 2. The normalized spacial score (nSPS) is 20.3. The number of thiazole rings is 1. The Bertz CT molecular complexity index is 1080. The van der Waals surface area contributed by atoms with E-state index in [1.165, 1.54) is 34.2 Å². The molecular weight excluding hydrogens is 372 g/mol. The summed E-state index contributed by atoms with van der Waals surface area (Å²) in [5.41, 5.74) is 5.13. The minimum atomic E-state index is 0.579. The van der Waals surface area contributed by atoms with Crippen LogP contribution in [0.2, 0.25) is 0 Å². The van der Waals surface area contributed by atoms with Crippen molar-refractivity contribution in [2.45, 2.75) is 38.1 Å². The second kappa shape index (κ2) is 7.19. The van der Waals surface area contributed by atoms with Gasteiger partial charge in [-0.3, -0.25) is 0 Å². The molecule has 0 spiro atoms. The average Bonchev–Trinajstić information content (AvgIpc) is 3.35. The maximum Gasteiger partial charge on any atom is 0.125 e. The van der Waals surface area contributed by atoms with Crippen LogP contribution in [-0.2, 0) is 0 Å². The number of nitrogens with zero attached hydrogens (tertiary/aromatic N) is 2. The molecule has 1 aliphatic rings. The number of hydrogen-bond acceptors (Lipinski definition) is 6. The molecule has 6 heteroatoms. The summed E-state index contributed by atoms with van der Waals surface area (Å²) in [6.45, 7) is 3.42. The first-order valence-electron chi connectivity index (χ1n) is 9.54. The summed E-state index contributed by atoms with van der Waals surface area (Å²) in [7, 11) is 0. The van der Waals surface area contributed by atoms with Crippen molar-refractivity contribution in [1.29, 1.82) is 0 Å². The van der Waals surface area contributed by atoms with E-state index in [0.717, 1.165) is 28.3 Å². The van der Waals surface area contributed by atoms with Crippen LogP contribution < -0.4 is 10.6 Å². The lowest BCUT2D eigenvalue weighted by Gasteiger charge is -2.31. The molecule has 4 aromatic rings. The van der Waals surface area contributed by atoms with Crippen LogP contribution in [0, 0.1) is 0 Å². The number of thiophene rings is 1. The Morgan fingerprint density at radius 2 is 2.19 bits per heavy atom. The molecular formula is C21H22N4S2. The van der Waals surface area contributed by atoms with E-state index >= 15 is 0 Å². The monoisotopic (exact) mass is 394 g/mol. The zero-order valence-electron chi connectivity index (χ0n) is 15.2. The molecule has 0 amide bonds. The minimum absolute atomic E-state index is 0.579. The fraction of sp³-hybridized carbons (Fsp3) is 0.333. The number of piperidine rings is 1. The van der Waals surface area contributed by atoms with Gasteiger partial charge in [0.15, 0.2) is 0 Å². The number of hydrogen-bond donors (Lipinski definition) is 2. The molecule has 27 heavy (non-hydrogen) atoms. The van der Waals surface area contributed by atoms with Gasteiger partial charge in [-0.2, -0.15) is 0 Å². The maximum absolute atomic E-state index is 4.64. The van der Waals surface area contributed by atoms with E-state index in [4.69, 9.17) is 0 Å². The van der Waals surface area contributed by atoms with Crippen molar-refractivity contribution in [2.24, 2.45) is 0 Å². The van der Waals surface area contributed by atoms with Crippen molar-refractivity contribution in [3.63, 3.8) is 0 Å². The van der Waals surface area contributed by atoms with Gasteiger partial charge in [0.25, 0.3) is 0 Å². The number of nitrogens with one attached hydrogen (secondary N) is 2. The first-order chi connectivity index (χ1) is 13.3. The van der Waals surface area contributed by atoms with Gasteiger partial charge in [0.1, 0.15) is 4.83 Å². The summed E-state index contributed by atoms with van der Waals surface area (Å²) in [4.78, 5) is 11.6. The van der Waals surface area contributed by atoms with Gasteiger partial charge < -0.3 is 10.6 Å². The first kappa shape index (κ1) is 17.1. The second-order valence-electron chi connectivity index (χ2n) is 7.10. The number of aromatic nitrogens is 2. The third-order valence-corrected chi connectivity index (χ3v) is 7.44. The zero-order valence-corrected chi connectivity index (χ0v) is 16.9. The highest BCUT2D eigenvalue weighted by molar-refractivity contribution is 7.18. The molecule has 1 aliphatic heterocycles. The van der Waals surface area contributed by atoms with E-state index in [2.05, 4.69) is 57.9 Å². The largest absolute Gasteiger partial charge is 0.355 e. The highest BCUT2D eigenvalue weighted by atomic mass is 32.1. The summed E-state index contributed by atoms with van der Waals surface area (Å²) >= 11 is 3.52. The van der Waals surface area contributed by atoms with E-state index in [0.29, 0.717) is 12.0 Å². The van der Waals surface area contributed by atoms with Gasteiger partial charge in [-0.1, -0.05) is 6.92 Å². The standard InChI is InChI=1S/C21H22N4S2/c1-2-16-14(4-3-8-22-16)20-11-15-17(7-9-23-21(15)27-20)25-13-5-6-19-18(10-13)24-12-26-19/h5-7,9-12,14,16,22H,2-4,8H2,1H3,(H,23,25)/t14-,16-/m0/s1.